The van der Waals surface area contributed by atoms with Crippen molar-refractivity contribution in [3.05, 3.63) is 29.3 Å². The minimum absolute atomic E-state index is 0.0919. The summed E-state index contributed by atoms with van der Waals surface area (Å²) in [5.41, 5.74) is 1.37. The predicted octanol–water partition coefficient (Wildman–Crippen LogP) is 1.05. The molecule has 31 heavy (non-hydrogen) atoms. The zero-order valence-electron chi connectivity index (χ0n) is 18.3. The van der Waals surface area contributed by atoms with Crippen LogP contribution in [0, 0.1) is 11.8 Å². The summed E-state index contributed by atoms with van der Waals surface area (Å²) in [7, 11) is 0. The molecule has 1 saturated carbocycles. The molecule has 2 saturated heterocycles. The van der Waals surface area contributed by atoms with Crippen LogP contribution in [0.4, 0.5) is 5.69 Å². The second kappa shape index (κ2) is 7.41. The number of imide groups is 1. The van der Waals surface area contributed by atoms with Crippen molar-refractivity contribution in [1.29, 1.82) is 0 Å². The van der Waals surface area contributed by atoms with Crippen molar-refractivity contribution in [1.82, 2.24) is 4.90 Å². The number of rotatable bonds is 3. The lowest BCUT2D eigenvalue weighted by atomic mass is 9.76. The van der Waals surface area contributed by atoms with E-state index in [4.69, 9.17) is 0 Å². The summed E-state index contributed by atoms with van der Waals surface area (Å²) in [6.45, 7) is 3.70. The Labute approximate surface area is 182 Å². The molecule has 7 nitrogen and oxygen atoms in total. The van der Waals surface area contributed by atoms with Gasteiger partial charge in [-0.1, -0.05) is 38.7 Å². The van der Waals surface area contributed by atoms with Gasteiger partial charge < -0.3 is 15.7 Å². The van der Waals surface area contributed by atoms with Gasteiger partial charge in [0.1, 0.15) is 24.0 Å². The largest absolute Gasteiger partial charge is 0.387 e. The molecular weight excluding hydrogens is 394 g/mol. The van der Waals surface area contributed by atoms with Crippen LogP contribution in [0.25, 0.3) is 0 Å². The average molecular weight is 427 g/mol. The highest BCUT2D eigenvalue weighted by molar-refractivity contribution is 6.14. The van der Waals surface area contributed by atoms with E-state index in [2.05, 4.69) is 12.2 Å². The van der Waals surface area contributed by atoms with Crippen LogP contribution in [0.1, 0.15) is 63.5 Å². The molecule has 1 aromatic carbocycles. The minimum Gasteiger partial charge on any atom is -0.387 e. The van der Waals surface area contributed by atoms with Gasteiger partial charge in [0.15, 0.2) is 0 Å². The van der Waals surface area contributed by atoms with Gasteiger partial charge in [0.25, 0.3) is 5.91 Å². The molecule has 4 aliphatic rings. The van der Waals surface area contributed by atoms with Crippen LogP contribution >= 0.6 is 0 Å². The second-order valence-corrected chi connectivity index (χ2v) is 9.74. The Bertz CT molecular complexity index is 937. The zero-order chi connectivity index (χ0) is 21.9. The summed E-state index contributed by atoms with van der Waals surface area (Å²) in [4.78, 5) is 42.5. The number of hydrogen-bond acceptors (Lipinski definition) is 4. The lowest BCUT2D eigenvalue weighted by molar-refractivity contribution is -0.738. The number of fused-ring (bicyclic) bond motifs is 4. The van der Waals surface area contributed by atoms with E-state index >= 15 is 0 Å². The maximum absolute atomic E-state index is 13.9. The molecule has 0 radical (unpaired) electrons. The highest BCUT2D eigenvalue weighted by atomic mass is 16.3. The molecule has 0 unspecified atom stereocenters. The lowest BCUT2D eigenvalue weighted by Crippen LogP contribution is -3.00. The van der Waals surface area contributed by atoms with Gasteiger partial charge in [-0.2, -0.15) is 0 Å². The number of nitrogens with zero attached hydrogens (tertiary/aromatic N) is 1. The maximum atomic E-state index is 13.9. The molecule has 7 heteroatoms. The number of nitrogens with two attached hydrogens (primary N) is 1. The number of likely N-dealkylation sites (tertiary alicyclic amines) is 1. The minimum atomic E-state index is -1.20. The van der Waals surface area contributed by atoms with Crippen LogP contribution in [-0.4, -0.2) is 45.9 Å². The van der Waals surface area contributed by atoms with Crippen molar-refractivity contribution < 1.29 is 24.8 Å². The van der Waals surface area contributed by atoms with E-state index < -0.39 is 29.5 Å². The average Bonchev–Trinajstić information content (AvgIpc) is 3.23. The highest BCUT2D eigenvalue weighted by Gasteiger charge is 2.75. The van der Waals surface area contributed by atoms with Crippen LogP contribution in [0.15, 0.2) is 18.2 Å². The first-order valence-electron chi connectivity index (χ1n) is 11.8. The predicted molar refractivity (Wildman–Crippen MR) is 114 cm³/mol. The van der Waals surface area contributed by atoms with Crippen molar-refractivity contribution in [2.75, 3.05) is 5.32 Å². The molecule has 0 aromatic heterocycles. The molecule has 3 amide bonds. The van der Waals surface area contributed by atoms with Crippen LogP contribution in [0.2, 0.25) is 0 Å². The summed E-state index contributed by atoms with van der Waals surface area (Å²) in [6.07, 6.45) is 5.93. The van der Waals surface area contributed by atoms with Gasteiger partial charge in [-0.3, -0.25) is 19.3 Å². The zero-order valence-corrected chi connectivity index (χ0v) is 18.3. The molecule has 1 spiro atoms. The van der Waals surface area contributed by atoms with E-state index in [1.165, 1.54) is 4.90 Å². The number of carbonyl (C=O) groups excluding carboxylic acids is 3. The van der Waals surface area contributed by atoms with Crippen molar-refractivity contribution in [3.8, 4) is 0 Å². The fourth-order valence-corrected chi connectivity index (χ4v) is 6.49. The normalized spacial score (nSPS) is 34.1. The number of nitrogens with one attached hydrogen (secondary N) is 1. The Morgan fingerprint density at radius 3 is 2.52 bits per heavy atom. The van der Waals surface area contributed by atoms with Gasteiger partial charge in [-0.15, -0.1) is 0 Å². The maximum Gasteiger partial charge on any atom is 0.291 e. The van der Waals surface area contributed by atoms with Crippen molar-refractivity contribution >= 4 is 23.4 Å². The number of amides is 3. The smallest absolute Gasteiger partial charge is 0.291 e. The number of aliphatic hydroxyl groups is 1. The second-order valence-electron chi connectivity index (χ2n) is 9.74. The van der Waals surface area contributed by atoms with Gasteiger partial charge in [-0.05, 0) is 43.9 Å². The van der Waals surface area contributed by atoms with Gasteiger partial charge in [0.2, 0.25) is 17.4 Å². The number of quaternary nitrogens is 1. The molecule has 166 valence electrons. The first-order valence-corrected chi connectivity index (χ1v) is 11.8. The van der Waals surface area contributed by atoms with Crippen LogP contribution in [0.3, 0.4) is 0 Å². The van der Waals surface area contributed by atoms with Gasteiger partial charge in [0.05, 0.1) is 5.69 Å². The summed E-state index contributed by atoms with van der Waals surface area (Å²) in [5.74, 6) is -2.15. The standard InChI is InChI=1S/C24H31N3O4/c1-3-14-10-11-17-16(12-14)24(23(31)25-17)19-18(20(26-24)13(2)28)21(29)27(22(19)30)15-8-6-4-5-7-9-15/h10-13,15,18-20,26,28H,3-9H2,1-2H3,(H,25,31)/p+1/t13-,18+,19+,20+,24-/m1/s1. The third kappa shape index (κ3) is 2.82. The number of aryl methyl sites for hydroxylation is 1. The molecule has 3 fully saturated rings. The molecule has 0 bridgehead atoms. The topological polar surface area (TPSA) is 103 Å². The third-order valence-corrected chi connectivity index (χ3v) is 8.05. The lowest BCUT2D eigenvalue weighted by Gasteiger charge is -2.30. The third-order valence-electron chi connectivity index (χ3n) is 8.05. The number of benzene rings is 1. The van der Waals surface area contributed by atoms with E-state index in [-0.39, 0.29) is 23.8 Å². The van der Waals surface area contributed by atoms with Crippen LogP contribution < -0.4 is 10.6 Å². The summed E-state index contributed by atoms with van der Waals surface area (Å²) in [5, 5.41) is 15.4. The van der Waals surface area contributed by atoms with Gasteiger partial charge >= 0.3 is 0 Å². The Morgan fingerprint density at radius 1 is 1.16 bits per heavy atom. The number of aliphatic hydroxyl groups excluding tert-OH is 1. The first-order chi connectivity index (χ1) is 14.9. The molecule has 1 aliphatic carbocycles. The number of hydrogen-bond donors (Lipinski definition) is 3. The Kier molecular flexibility index (Phi) is 4.94. The van der Waals surface area contributed by atoms with Crippen molar-refractivity contribution in [2.24, 2.45) is 11.8 Å². The van der Waals surface area contributed by atoms with Crippen molar-refractivity contribution in [2.45, 2.75) is 82.5 Å². The summed E-state index contributed by atoms with van der Waals surface area (Å²) < 4.78 is 0. The van der Waals surface area contributed by atoms with E-state index in [0.29, 0.717) is 5.69 Å². The summed E-state index contributed by atoms with van der Waals surface area (Å²) in [6, 6.07) is 5.25. The Morgan fingerprint density at radius 2 is 1.87 bits per heavy atom. The van der Waals surface area contributed by atoms with E-state index in [1.807, 2.05) is 23.5 Å². The van der Waals surface area contributed by atoms with E-state index in [0.717, 1.165) is 56.1 Å². The molecular formula is C24H32N3O4+. The van der Waals surface area contributed by atoms with Crippen LogP contribution in [0.5, 0.6) is 0 Å². The quantitative estimate of drug-likeness (QED) is 0.496. The fourth-order valence-electron chi connectivity index (χ4n) is 6.49. The van der Waals surface area contributed by atoms with E-state index in [9.17, 15) is 19.5 Å². The summed E-state index contributed by atoms with van der Waals surface area (Å²) >= 11 is 0. The Hall–Kier alpha value is -2.25. The van der Waals surface area contributed by atoms with E-state index in [1.54, 1.807) is 6.92 Å². The molecule has 3 heterocycles. The molecule has 5 atom stereocenters. The molecule has 4 N–H and O–H groups in total. The first kappa shape index (κ1) is 20.6. The highest BCUT2D eigenvalue weighted by Crippen LogP contribution is 2.50. The van der Waals surface area contributed by atoms with Gasteiger partial charge in [0, 0.05) is 11.6 Å². The monoisotopic (exact) mass is 426 g/mol. The fraction of sp³-hybridized carbons (Fsp3) is 0.625. The Balaban J connectivity index is 1.63. The number of anilines is 1. The number of carbonyl (C=O) groups is 3. The van der Waals surface area contributed by atoms with Gasteiger partial charge in [-0.25, -0.2) is 0 Å². The molecule has 1 aromatic rings. The molecule has 3 aliphatic heterocycles. The SMILES string of the molecule is CCc1ccc2c(c1)[C@]1([NH2+][C@@H]([C@@H](C)O)[C@H]3C(=O)N(C4CCCCCC4)C(=O)[C@H]31)C(=O)N2. The molecule has 5 rings (SSSR count). The van der Waals surface area contributed by atoms with Crippen LogP contribution in [-0.2, 0) is 26.3 Å². The van der Waals surface area contributed by atoms with Crippen molar-refractivity contribution in [3.63, 3.8) is 0 Å².